The number of carbonyl (C=O) groups excluding carboxylic acids is 1. The highest BCUT2D eigenvalue weighted by molar-refractivity contribution is 7.99. The molecule has 0 saturated carbocycles. The predicted molar refractivity (Wildman–Crippen MR) is 108 cm³/mol. The molecule has 3 aromatic rings. The third-order valence-electron chi connectivity index (χ3n) is 4.03. The maximum absolute atomic E-state index is 12.1. The van der Waals surface area contributed by atoms with Crippen LogP contribution in [0, 0.1) is 6.92 Å². The minimum Gasteiger partial charge on any atom is -0.355 e. The van der Waals surface area contributed by atoms with Gasteiger partial charge in [-0.3, -0.25) is 4.79 Å². The van der Waals surface area contributed by atoms with Gasteiger partial charge >= 0.3 is 0 Å². The van der Waals surface area contributed by atoms with Crippen LogP contribution in [0.5, 0.6) is 0 Å². The highest BCUT2D eigenvalue weighted by atomic mass is 32.2. The molecule has 2 aromatic heterocycles. The van der Waals surface area contributed by atoms with Gasteiger partial charge in [0, 0.05) is 23.5 Å². The Hall–Kier alpha value is -2.12. The molecule has 2 heterocycles. The van der Waals surface area contributed by atoms with Crippen LogP contribution < -0.4 is 5.32 Å². The molecule has 136 valence electrons. The molecule has 0 fully saturated rings. The third kappa shape index (κ3) is 4.53. The van der Waals surface area contributed by atoms with Crippen LogP contribution in [0.1, 0.15) is 17.4 Å². The summed E-state index contributed by atoms with van der Waals surface area (Å²) in [4.78, 5) is 13.4. The molecule has 0 radical (unpaired) electrons. The Morgan fingerprint density at radius 1 is 1.23 bits per heavy atom. The van der Waals surface area contributed by atoms with Crippen LogP contribution in [0.15, 0.2) is 46.9 Å². The Morgan fingerprint density at radius 2 is 2.08 bits per heavy atom. The number of nitrogens with one attached hydrogen (secondary N) is 1. The van der Waals surface area contributed by atoms with Crippen LogP contribution in [-0.4, -0.2) is 33.0 Å². The van der Waals surface area contributed by atoms with E-state index in [1.165, 1.54) is 16.6 Å². The van der Waals surface area contributed by atoms with Gasteiger partial charge in [-0.05, 0) is 37.3 Å². The fraction of sp³-hybridized carbons (Fsp3) is 0.316. The Bertz CT molecular complexity index is 858. The average molecular weight is 387 g/mol. The van der Waals surface area contributed by atoms with Gasteiger partial charge in [-0.1, -0.05) is 42.1 Å². The number of rotatable bonds is 8. The number of thioether (sulfide) groups is 1. The predicted octanol–water partition coefficient (Wildman–Crippen LogP) is 3.79. The standard InChI is InChI=1S/C19H22N4OS2/c1-3-23-18(16-9-5-4-7-14(16)2)21-22-19(23)26-13-17(24)20-11-10-15-8-6-12-25-15/h4-9,12H,3,10-11,13H2,1-2H3,(H,20,24). The van der Waals surface area contributed by atoms with Gasteiger partial charge in [-0.25, -0.2) is 0 Å². The fourth-order valence-corrected chi connectivity index (χ4v) is 4.21. The van der Waals surface area contributed by atoms with Gasteiger partial charge in [-0.15, -0.1) is 21.5 Å². The fourth-order valence-electron chi connectivity index (χ4n) is 2.66. The smallest absolute Gasteiger partial charge is 0.230 e. The van der Waals surface area contributed by atoms with Gasteiger partial charge in [0.15, 0.2) is 11.0 Å². The second kappa shape index (κ2) is 9.00. The van der Waals surface area contributed by atoms with Crippen LogP contribution in [0.2, 0.25) is 0 Å². The minimum absolute atomic E-state index is 0.0228. The van der Waals surface area contributed by atoms with Gasteiger partial charge in [0.25, 0.3) is 0 Å². The highest BCUT2D eigenvalue weighted by Gasteiger charge is 2.15. The van der Waals surface area contributed by atoms with E-state index in [0.717, 1.165) is 35.1 Å². The van der Waals surface area contributed by atoms with E-state index < -0.39 is 0 Å². The van der Waals surface area contributed by atoms with Crippen LogP contribution in [0.3, 0.4) is 0 Å². The van der Waals surface area contributed by atoms with Gasteiger partial charge in [0.1, 0.15) is 0 Å². The highest BCUT2D eigenvalue weighted by Crippen LogP contribution is 2.26. The van der Waals surface area contributed by atoms with Crippen molar-refractivity contribution in [2.45, 2.75) is 32.0 Å². The zero-order valence-electron chi connectivity index (χ0n) is 14.9. The molecular weight excluding hydrogens is 364 g/mol. The third-order valence-corrected chi connectivity index (χ3v) is 5.93. The van der Waals surface area contributed by atoms with Crippen LogP contribution in [0.25, 0.3) is 11.4 Å². The van der Waals surface area contributed by atoms with Crippen molar-refractivity contribution in [1.29, 1.82) is 0 Å². The van der Waals surface area contributed by atoms with Crippen molar-refractivity contribution in [3.63, 3.8) is 0 Å². The summed E-state index contributed by atoms with van der Waals surface area (Å²) in [7, 11) is 0. The molecule has 3 rings (SSSR count). The molecule has 5 nitrogen and oxygen atoms in total. The Kier molecular flexibility index (Phi) is 6.46. The lowest BCUT2D eigenvalue weighted by Crippen LogP contribution is -2.27. The van der Waals surface area contributed by atoms with E-state index >= 15 is 0 Å². The summed E-state index contributed by atoms with van der Waals surface area (Å²) in [5.41, 5.74) is 2.24. The first-order chi connectivity index (χ1) is 12.7. The lowest BCUT2D eigenvalue weighted by Gasteiger charge is -2.09. The van der Waals surface area contributed by atoms with Gasteiger partial charge in [-0.2, -0.15) is 0 Å². The topological polar surface area (TPSA) is 59.8 Å². The summed E-state index contributed by atoms with van der Waals surface area (Å²) in [5.74, 6) is 1.22. The van der Waals surface area contributed by atoms with Gasteiger partial charge in [0.05, 0.1) is 5.75 Å². The molecule has 0 unspecified atom stereocenters. The van der Waals surface area contributed by atoms with E-state index in [0.29, 0.717) is 12.3 Å². The van der Waals surface area contributed by atoms with Gasteiger partial charge < -0.3 is 9.88 Å². The first-order valence-corrected chi connectivity index (χ1v) is 10.5. The van der Waals surface area contributed by atoms with E-state index in [1.807, 2.05) is 18.2 Å². The van der Waals surface area contributed by atoms with Crippen molar-refractivity contribution in [2.24, 2.45) is 0 Å². The monoisotopic (exact) mass is 386 g/mol. The molecule has 0 saturated heterocycles. The summed E-state index contributed by atoms with van der Waals surface area (Å²) in [6.45, 7) is 5.56. The van der Waals surface area contributed by atoms with Crippen molar-refractivity contribution < 1.29 is 4.79 Å². The molecule has 0 aliphatic rings. The molecule has 7 heteroatoms. The average Bonchev–Trinajstić information content (AvgIpc) is 3.29. The van der Waals surface area contributed by atoms with Crippen molar-refractivity contribution >= 4 is 29.0 Å². The van der Waals surface area contributed by atoms with E-state index in [9.17, 15) is 4.79 Å². The molecule has 0 aliphatic carbocycles. The number of carbonyl (C=O) groups is 1. The van der Waals surface area contributed by atoms with Crippen LogP contribution in [0.4, 0.5) is 0 Å². The molecule has 0 bridgehead atoms. The summed E-state index contributed by atoms with van der Waals surface area (Å²) < 4.78 is 2.06. The zero-order chi connectivity index (χ0) is 18.4. The van der Waals surface area contributed by atoms with Crippen molar-refractivity contribution in [1.82, 2.24) is 20.1 Å². The van der Waals surface area contributed by atoms with Crippen molar-refractivity contribution in [3.8, 4) is 11.4 Å². The lowest BCUT2D eigenvalue weighted by atomic mass is 10.1. The number of thiophene rings is 1. The van der Waals surface area contributed by atoms with E-state index in [-0.39, 0.29) is 5.91 Å². The number of hydrogen-bond donors (Lipinski definition) is 1. The van der Waals surface area contributed by atoms with Gasteiger partial charge in [0.2, 0.25) is 5.91 Å². The molecule has 0 atom stereocenters. The molecule has 1 N–H and O–H groups in total. The Morgan fingerprint density at radius 3 is 2.81 bits per heavy atom. The maximum atomic E-state index is 12.1. The first-order valence-electron chi connectivity index (χ1n) is 8.60. The number of benzene rings is 1. The molecule has 0 aliphatic heterocycles. The molecule has 26 heavy (non-hydrogen) atoms. The number of aryl methyl sites for hydroxylation is 1. The minimum atomic E-state index is 0.0228. The normalized spacial score (nSPS) is 10.8. The number of hydrogen-bond acceptors (Lipinski definition) is 5. The van der Waals surface area contributed by atoms with E-state index in [4.69, 9.17) is 0 Å². The molecular formula is C19H22N4OS2. The van der Waals surface area contributed by atoms with Crippen LogP contribution in [-0.2, 0) is 17.8 Å². The zero-order valence-corrected chi connectivity index (χ0v) is 16.6. The first kappa shape index (κ1) is 18.7. The summed E-state index contributed by atoms with van der Waals surface area (Å²) in [6, 6.07) is 12.3. The SMILES string of the molecule is CCn1c(SCC(=O)NCCc2cccs2)nnc1-c1ccccc1C. The maximum Gasteiger partial charge on any atom is 0.230 e. The number of nitrogens with zero attached hydrogens (tertiary/aromatic N) is 3. The largest absolute Gasteiger partial charge is 0.355 e. The second-order valence-corrected chi connectivity index (χ2v) is 7.81. The summed E-state index contributed by atoms with van der Waals surface area (Å²) in [6.07, 6.45) is 0.872. The molecule has 0 spiro atoms. The Balaban J connectivity index is 1.58. The van der Waals surface area contributed by atoms with Crippen molar-refractivity contribution in [3.05, 3.63) is 52.2 Å². The summed E-state index contributed by atoms with van der Waals surface area (Å²) >= 11 is 3.14. The number of amides is 1. The molecule has 1 aromatic carbocycles. The quantitative estimate of drug-likeness (QED) is 0.599. The summed E-state index contributed by atoms with van der Waals surface area (Å²) in [5, 5.41) is 14.4. The van der Waals surface area contributed by atoms with E-state index in [1.54, 1.807) is 11.3 Å². The second-order valence-electron chi connectivity index (χ2n) is 5.83. The lowest BCUT2D eigenvalue weighted by molar-refractivity contribution is -0.118. The van der Waals surface area contributed by atoms with Crippen LogP contribution >= 0.6 is 23.1 Å². The van der Waals surface area contributed by atoms with Crippen molar-refractivity contribution in [2.75, 3.05) is 12.3 Å². The van der Waals surface area contributed by atoms with E-state index in [2.05, 4.69) is 57.5 Å². The number of aromatic nitrogens is 3. The Labute approximate surface area is 161 Å². The molecule has 1 amide bonds.